The van der Waals surface area contributed by atoms with Crippen LogP contribution in [0.3, 0.4) is 0 Å². The first-order valence-electron chi connectivity index (χ1n) is 14.9. The molecule has 0 saturated carbocycles. The summed E-state index contributed by atoms with van der Waals surface area (Å²) in [6.07, 6.45) is 0.668. The molecule has 0 amide bonds. The van der Waals surface area contributed by atoms with Crippen molar-refractivity contribution in [3.05, 3.63) is 51.8 Å². The topological polar surface area (TPSA) is 9.23 Å². The maximum Gasteiger partial charge on any atom is 0.306 e. The fourth-order valence-corrected chi connectivity index (χ4v) is 18.1. The predicted octanol–water partition coefficient (Wildman–Crippen LogP) is 11.8. The molecule has 1 atom stereocenters. The Labute approximate surface area is 251 Å². The minimum absolute atomic E-state index is 0.297. The van der Waals surface area contributed by atoms with E-state index in [1.165, 1.54) is 0 Å². The van der Waals surface area contributed by atoms with Crippen molar-refractivity contribution in [2.24, 2.45) is 0 Å². The van der Waals surface area contributed by atoms with E-state index in [1.54, 1.807) is 0 Å². The van der Waals surface area contributed by atoms with E-state index in [-0.39, 0.29) is 5.54 Å². The zero-order valence-corrected chi connectivity index (χ0v) is 29.0. The predicted molar refractivity (Wildman–Crippen MR) is 160 cm³/mol. The summed E-state index contributed by atoms with van der Waals surface area (Å²) in [5.41, 5.74) is -7.20. The smallest absolute Gasteiger partial charge is 0.306 e. The molecule has 2 aromatic rings. The molecule has 1 aliphatic rings. The highest BCUT2D eigenvalue weighted by atomic mass is 28.4. The Morgan fingerprint density at radius 2 is 1.07 bits per heavy atom. The molecule has 0 aromatic heterocycles. The summed E-state index contributed by atoms with van der Waals surface area (Å²) < 4.78 is 142. The quantitative estimate of drug-likeness (QED) is 0.0891. The van der Waals surface area contributed by atoms with Crippen LogP contribution < -0.4 is 4.43 Å². The Bertz CT molecular complexity index is 1360. The van der Waals surface area contributed by atoms with Gasteiger partial charge in [0.2, 0.25) is 5.82 Å². The second-order valence-electron chi connectivity index (χ2n) is 13.4. The Kier molecular flexibility index (Phi) is 10.4. The molecule has 0 fully saturated rings. The lowest BCUT2D eigenvalue weighted by atomic mass is 10.0. The zero-order valence-electron chi connectivity index (χ0n) is 26.0. The highest BCUT2D eigenvalue weighted by Gasteiger charge is 2.56. The van der Waals surface area contributed by atoms with E-state index >= 15 is 22.0 Å². The lowest BCUT2D eigenvalue weighted by Gasteiger charge is -2.39. The van der Waals surface area contributed by atoms with Gasteiger partial charge in [-0.25, -0.2) is 26.3 Å². The summed E-state index contributed by atoms with van der Waals surface area (Å²) >= 11 is 0. The van der Waals surface area contributed by atoms with Gasteiger partial charge in [0.1, 0.15) is 0 Å². The second-order valence-corrected chi connectivity index (χ2v) is 29.1. The molecule has 13 heteroatoms. The maximum atomic E-state index is 15.9. The summed E-state index contributed by atoms with van der Waals surface area (Å²) in [5.74, 6) is -22.4. The average Bonchev–Trinajstić information content (AvgIpc) is 3.19. The van der Waals surface area contributed by atoms with E-state index in [2.05, 4.69) is 40.4 Å². The van der Waals surface area contributed by atoms with Gasteiger partial charge in [-0.15, -0.1) is 0 Å². The highest BCUT2D eigenvalue weighted by molar-refractivity contribution is 6.82. The number of benzene rings is 2. The monoisotopic (exact) mass is 672 g/mol. The van der Waals surface area contributed by atoms with E-state index in [4.69, 9.17) is 4.43 Å². The number of hydrogen-bond acceptors (Lipinski definition) is 1. The van der Waals surface area contributed by atoms with E-state index in [0.717, 1.165) is 24.2 Å². The Morgan fingerprint density at radius 3 is 1.53 bits per heavy atom. The normalized spacial score (nSPS) is 16.0. The number of alkyl halides is 2. The van der Waals surface area contributed by atoms with Crippen LogP contribution in [0.5, 0.6) is 5.75 Å². The molecule has 0 spiro atoms. The molecule has 3 rings (SSSR count). The Balaban J connectivity index is 2.29. The third-order valence-electron chi connectivity index (χ3n) is 9.64. The molecule has 0 aliphatic heterocycles. The lowest BCUT2D eigenvalue weighted by molar-refractivity contribution is 0.0404. The fraction of sp³-hybridized carbons (Fsp3) is 0.600. The van der Waals surface area contributed by atoms with Crippen molar-refractivity contribution in [2.75, 3.05) is 0 Å². The summed E-state index contributed by atoms with van der Waals surface area (Å²) in [4.78, 5) is 0. The molecule has 43 heavy (non-hydrogen) atoms. The van der Waals surface area contributed by atoms with Crippen molar-refractivity contribution in [1.82, 2.24) is 0 Å². The first-order chi connectivity index (χ1) is 19.8. The van der Waals surface area contributed by atoms with Crippen LogP contribution in [0.1, 0.15) is 52.2 Å². The molecule has 0 heterocycles. The van der Waals surface area contributed by atoms with E-state index in [0.29, 0.717) is 24.6 Å². The van der Waals surface area contributed by atoms with Crippen molar-refractivity contribution in [1.29, 1.82) is 0 Å². The van der Waals surface area contributed by atoms with Crippen molar-refractivity contribution in [3.63, 3.8) is 0 Å². The summed E-state index contributed by atoms with van der Waals surface area (Å²) in [6, 6.07) is 5.57. The minimum Gasteiger partial charge on any atom is -0.541 e. The van der Waals surface area contributed by atoms with E-state index in [1.807, 2.05) is 13.8 Å². The fourth-order valence-electron chi connectivity index (χ4n) is 6.31. The van der Waals surface area contributed by atoms with Crippen LogP contribution in [-0.4, -0.2) is 24.5 Å². The lowest BCUT2D eigenvalue weighted by Crippen LogP contribution is -2.47. The van der Waals surface area contributed by atoms with Crippen LogP contribution in [0, 0.1) is 40.7 Å². The standard InChI is InChI=1S/C30H41F9OSi3/c1-9-42(10-2,11-3)13-12-14-43(17(4)5,16-15-41(6,7)8)40-29-21-19(23(32)26(35)28(29)37)18-20(30(21,38)39)24(33)27(36)25(34)22(18)31/h17H,9-16H2,1-8H3. The van der Waals surface area contributed by atoms with Crippen LogP contribution >= 0.6 is 0 Å². The summed E-state index contributed by atoms with van der Waals surface area (Å²) in [6.45, 7) is 16.4. The molecule has 242 valence electrons. The van der Waals surface area contributed by atoms with Gasteiger partial charge in [0.25, 0.3) is 8.32 Å². The van der Waals surface area contributed by atoms with Gasteiger partial charge in [-0.1, -0.05) is 90.9 Å². The van der Waals surface area contributed by atoms with E-state index < -0.39 is 99.1 Å². The first kappa shape index (κ1) is 35.7. The molecule has 0 saturated heterocycles. The van der Waals surface area contributed by atoms with Crippen LogP contribution in [0.2, 0.25) is 67.5 Å². The average molecular weight is 673 g/mol. The van der Waals surface area contributed by atoms with Gasteiger partial charge in [-0.2, -0.15) is 13.2 Å². The number of hydrogen-bond donors (Lipinski definition) is 0. The van der Waals surface area contributed by atoms with Gasteiger partial charge in [0.15, 0.2) is 40.7 Å². The molecule has 0 bridgehead atoms. The number of fused-ring (bicyclic) bond motifs is 3. The Hall–Kier alpha value is -1.74. The van der Waals surface area contributed by atoms with Crippen molar-refractivity contribution in [2.45, 2.75) is 114 Å². The largest absolute Gasteiger partial charge is 0.541 e. The molecule has 1 unspecified atom stereocenters. The van der Waals surface area contributed by atoms with Crippen molar-refractivity contribution < 1.29 is 43.9 Å². The van der Waals surface area contributed by atoms with Gasteiger partial charge in [-0.3, -0.25) is 0 Å². The second kappa shape index (κ2) is 12.6. The van der Waals surface area contributed by atoms with Crippen LogP contribution in [0.25, 0.3) is 11.1 Å². The highest BCUT2D eigenvalue weighted by Crippen LogP contribution is 2.59. The summed E-state index contributed by atoms with van der Waals surface area (Å²) in [7, 11) is -6.74. The molecular weight excluding hydrogens is 632 g/mol. The van der Waals surface area contributed by atoms with Gasteiger partial charge in [0, 0.05) is 19.2 Å². The van der Waals surface area contributed by atoms with Gasteiger partial charge < -0.3 is 4.43 Å². The summed E-state index contributed by atoms with van der Waals surface area (Å²) in [5, 5.41) is 0. The van der Waals surface area contributed by atoms with Crippen molar-refractivity contribution >= 4 is 24.5 Å². The van der Waals surface area contributed by atoms with Crippen LogP contribution in [0.15, 0.2) is 0 Å². The van der Waals surface area contributed by atoms with Crippen LogP contribution in [0.4, 0.5) is 39.5 Å². The van der Waals surface area contributed by atoms with Gasteiger partial charge >= 0.3 is 5.92 Å². The molecule has 1 nitrogen and oxygen atoms in total. The maximum absolute atomic E-state index is 15.9. The molecule has 1 aliphatic carbocycles. The van der Waals surface area contributed by atoms with Crippen molar-refractivity contribution in [3.8, 4) is 16.9 Å². The number of halogens is 9. The molecule has 0 radical (unpaired) electrons. The van der Waals surface area contributed by atoms with Crippen LogP contribution in [-0.2, 0) is 5.92 Å². The van der Waals surface area contributed by atoms with Gasteiger partial charge in [-0.05, 0) is 17.6 Å². The first-order valence-corrected chi connectivity index (χ1v) is 23.8. The molecule has 0 N–H and O–H groups in total. The minimum atomic E-state index is -4.75. The zero-order chi connectivity index (χ0) is 32.9. The van der Waals surface area contributed by atoms with Gasteiger partial charge in [0.05, 0.1) is 19.2 Å². The third kappa shape index (κ3) is 6.23. The number of rotatable bonds is 13. The SMILES string of the molecule is CC[Si](CC)(CC)CCC[Si](CC[Si](C)(C)C)(Oc1c(F)c(F)c(F)c2c1C(F)(F)c1c(F)c(F)c(F)c(F)c1-2)C(C)C. The third-order valence-corrected chi connectivity index (χ3v) is 22.8. The molecule has 2 aromatic carbocycles. The van der Waals surface area contributed by atoms with E-state index in [9.17, 15) is 17.6 Å². The Morgan fingerprint density at radius 1 is 0.605 bits per heavy atom. The molecular formula is C30H41F9OSi3.